The lowest BCUT2D eigenvalue weighted by molar-refractivity contribution is -0.146. The van der Waals surface area contributed by atoms with E-state index in [0.717, 1.165) is 29.4 Å². The molecule has 6 amide bonds. The van der Waals surface area contributed by atoms with E-state index >= 15 is 4.79 Å². The molecular weight excluding hydrogens is 929 g/mol. The number of carbonyl (C=O) groups excluding carboxylic acids is 7. The molecule has 8 rings (SSSR count). The summed E-state index contributed by atoms with van der Waals surface area (Å²) in [4.78, 5) is 115. The molecule has 3 aromatic heterocycles. The molecule has 374 valence electrons. The summed E-state index contributed by atoms with van der Waals surface area (Å²) in [6, 6.07) is 22.0. The molecule has 0 saturated heterocycles. The number of nitrogens with two attached hydrogens (primary N) is 1. The maximum Gasteiger partial charge on any atom is 0.328 e. The topological polar surface area (TPSA) is 305 Å². The number of amides is 6. The van der Waals surface area contributed by atoms with Gasteiger partial charge in [-0.3, -0.25) is 28.8 Å². The summed E-state index contributed by atoms with van der Waals surface area (Å²) in [5.74, 6) is -8.41. The Kier molecular flexibility index (Phi) is 13.7. The van der Waals surface area contributed by atoms with E-state index in [2.05, 4.69) is 46.9 Å². The van der Waals surface area contributed by atoms with Gasteiger partial charge in [0.1, 0.15) is 23.3 Å². The summed E-state index contributed by atoms with van der Waals surface area (Å²) in [5, 5.41) is 16.4. The van der Waals surface area contributed by atoms with E-state index in [9.17, 15) is 28.8 Å². The molecule has 21 nitrogen and oxygen atoms in total. The number of esters is 1. The van der Waals surface area contributed by atoms with E-state index in [1.54, 1.807) is 30.3 Å². The van der Waals surface area contributed by atoms with Crippen LogP contribution in [-0.4, -0.2) is 76.1 Å². The molecule has 4 atom stereocenters. The molecule has 6 aromatic rings. The van der Waals surface area contributed by atoms with Gasteiger partial charge in [-0.25, -0.2) is 19.7 Å². The summed E-state index contributed by atoms with van der Waals surface area (Å²) in [6.07, 6.45) is 1.02. The zero-order chi connectivity index (χ0) is 51.7. The predicted octanol–water partition coefficient (Wildman–Crippen LogP) is 3.81. The Labute approximate surface area is 412 Å². The lowest BCUT2D eigenvalue weighted by Crippen LogP contribution is -2.58. The van der Waals surface area contributed by atoms with Crippen LogP contribution in [0.15, 0.2) is 92.1 Å². The third-order valence-electron chi connectivity index (χ3n) is 12.9. The van der Waals surface area contributed by atoms with Gasteiger partial charge in [0.15, 0.2) is 33.7 Å². The van der Waals surface area contributed by atoms with E-state index in [1.165, 1.54) is 41.5 Å². The van der Waals surface area contributed by atoms with Crippen LogP contribution >= 0.6 is 0 Å². The number of methoxy groups -OCH3 is 1. The number of carbonyl (C=O) groups is 7. The molecule has 2 aliphatic rings. The normalized spacial score (nSPS) is 20.1. The van der Waals surface area contributed by atoms with Gasteiger partial charge in [0.2, 0.25) is 17.7 Å². The SMILES string of the molecule is COC(=O)C(CCCCN)NC(=O)[C@]1(C)NC(=O)c2nc(oc2C)[C@](C)(C(=O)NC2c3ccccc3-c3ccccc32)NC(=O)c2nc(oc2C)[C@](C)(C(=O)NCc2ccccc2)NC(=O)c2nc1oc2C. The second-order valence-corrected chi connectivity index (χ2v) is 18.1. The van der Waals surface area contributed by atoms with Gasteiger partial charge in [-0.2, -0.15) is 0 Å². The Balaban J connectivity index is 1.27. The first kappa shape index (κ1) is 49.9. The van der Waals surface area contributed by atoms with Crippen LogP contribution < -0.4 is 37.6 Å². The zero-order valence-electron chi connectivity index (χ0n) is 40.6. The first-order chi connectivity index (χ1) is 34.3. The number of aryl methyl sites for hydroxylation is 3. The van der Waals surface area contributed by atoms with Gasteiger partial charge in [0.05, 0.1) is 13.2 Å². The minimum Gasteiger partial charge on any atom is -0.467 e. The van der Waals surface area contributed by atoms with E-state index in [1.807, 2.05) is 48.5 Å². The van der Waals surface area contributed by atoms with Crippen molar-refractivity contribution in [2.45, 2.75) is 96.1 Å². The summed E-state index contributed by atoms with van der Waals surface area (Å²) < 4.78 is 23.2. The van der Waals surface area contributed by atoms with Crippen LogP contribution in [0.3, 0.4) is 0 Å². The number of hydrogen-bond acceptors (Lipinski definition) is 15. The van der Waals surface area contributed by atoms with Gasteiger partial charge in [-0.15, -0.1) is 0 Å². The quantitative estimate of drug-likeness (QED) is 0.0678. The third kappa shape index (κ3) is 9.20. The average molecular weight is 983 g/mol. The van der Waals surface area contributed by atoms with Crippen LogP contribution in [0.5, 0.6) is 0 Å². The number of oxazole rings is 3. The average Bonchev–Trinajstić information content (AvgIpc) is 4.16. The maximum absolute atomic E-state index is 15.1. The monoisotopic (exact) mass is 982 g/mol. The Hall–Kier alpha value is -8.46. The lowest BCUT2D eigenvalue weighted by atomic mass is 9.97. The molecule has 1 aliphatic heterocycles. The van der Waals surface area contributed by atoms with Crippen molar-refractivity contribution in [2.75, 3.05) is 13.7 Å². The number of fused-ring (bicyclic) bond motifs is 9. The van der Waals surface area contributed by atoms with E-state index in [-0.39, 0.29) is 35.9 Å². The molecule has 8 N–H and O–H groups in total. The lowest BCUT2D eigenvalue weighted by Gasteiger charge is -2.29. The van der Waals surface area contributed by atoms with E-state index in [4.69, 9.17) is 23.7 Å². The molecule has 21 heteroatoms. The van der Waals surface area contributed by atoms with Crippen molar-refractivity contribution in [3.8, 4) is 11.1 Å². The van der Waals surface area contributed by atoms with Gasteiger partial charge in [0.25, 0.3) is 35.4 Å². The minimum absolute atomic E-state index is 0.00177. The highest BCUT2D eigenvalue weighted by molar-refractivity contribution is 6.02. The van der Waals surface area contributed by atoms with Gasteiger partial charge in [-0.1, -0.05) is 78.9 Å². The Morgan fingerprint density at radius 1 is 0.639 bits per heavy atom. The highest BCUT2D eigenvalue weighted by Crippen LogP contribution is 2.43. The predicted molar refractivity (Wildman–Crippen MR) is 255 cm³/mol. The Morgan fingerprint density at radius 2 is 1.07 bits per heavy atom. The Bertz CT molecular complexity index is 3080. The van der Waals surface area contributed by atoms with Crippen LogP contribution in [0.2, 0.25) is 0 Å². The molecule has 0 fully saturated rings. The molecule has 1 unspecified atom stereocenters. The highest BCUT2D eigenvalue weighted by Gasteiger charge is 2.50. The van der Waals surface area contributed by atoms with Crippen LogP contribution in [0, 0.1) is 20.8 Å². The fourth-order valence-corrected chi connectivity index (χ4v) is 8.67. The van der Waals surface area contributed by atoms with Crippen LogP contribution in [0.25, 0.3) is 11.1 Å². The smallest absolute Gasteiger partial charge is 0.328 e. The Morgan fingerprint density at radius 3 is 1.53 bits per heavy atom. The molecule has 1 aliphatic carbocycles. The second kappa shape index (κ2) is 19.7. The van der Waals surface area contributed by atoms with Crippen molar-refractivity contribution in [2.24, 2.45) is 5.73 Å². The second-order valence-electron chi connectivity index (χ2n) is 18.1. The molecule has 3 aromatic carbocycles. The van der Waals surface area contributed by atoms with Crippen molar-refractivity contribution in [1.29, 1.82) is 0 Å². The van der Waals surface area contributed by atoms with Crippen molar-refractivity contribution in [3.63, 3.8) is 0 Å². The zero-order valence-corrected chi connectivity index (χ0v) is 40.6. The number of aromatic nitrogens is 3. The molecule has 6 bridgehead atoms. The molecule has 72 heavy (non-hydrogen) atoms. The summed E-state index contributed by atoms with van der Waals surface area (Å²) in [5.41, 5.74) is 1.68. The fourth-order valence-electron chi connectivity index (χ4n) is 8.67. The summed E-state index contributed by atoms with van der Waals surface area (Å²) >= 11 is 0. The number of benzene rings is 3. The highest BCUT2D eigenvalue weighted by atomic mass is 16.5. The number of nitrogens with one attached hydrogen (secondary N) is 6. The standard InChI is InChI=1S/C51H54N10O11/c1-26-36-41(64)61-51(6,45(68)55-38-32-21-13-11-19-30(32)31-20-12-14-22-33(31)38)48-58-37(28(3)72-48)40(63)60-50(5,44(67)54-34(42(65)69-7)23-15-16-24-52)47-57-35(27(2)71-47)39(62)59-49(4,46(56-36)70-26)43(66)53-25-29-17-9-8-10-18-29/h8-14,17-22,34,38H,15-16,23-25,52H2,1-7H3,(H,53,66)(H,54,67)(H,55,68)(H,59,62)(H,60,63)(H,61,64)/t34?,49-,50-,51-/m0/s1. The van der Waals surface area contributed by atoms with Crippen molar-refractivity contribution < 1.29 is 51.6 Å². The molecule has 0 spiro atoms. The van der Waals surface area contributed by atoms with Gasteiger partial charge in [0, 0.05) is 6.54 Å². The molecule has 0 saturated carbocycles. The number of nitrogens with zero attached hydrogens (tertiary/aromatic N) is 3. The number of hydrogen-bond donors (Lipinski definition) is 7. The van der Waals surface area contributed by atoms with Crippen LogP contribution in [0.4, 0.5) is 0 Å². The van der Waals surface area contributed by atoms with E-state index < -0.39 is 99.2 Å². The van der Waals surface area contributed by atoms with Crippen LogP contribution in [0.1, 0.15) is 129 Å². The van der Waals surface area contributed by atoms with Gasteiger partial charge < -0.3 is 55.6 Å². The third-order valence-corrected chi connectivity index (χ3v) is 12.9. The molecule has 4 heterocycles. The first-order valence-corrected chi connectivity index (χ1v) is 23.1. The number of unbranched alkanes of at least 4 members (excludes halogenated alkanes) is 1. The molecule has 0 radical (unpaired) electrons. The first-order valence-electron chi connectivity index (χ1n) is 23.1. The maximum atomic E-state index is 15.1. The summed E-state index contributed by atoms with van der Waals surface area (Å²) in [6.45, 7) is 8.31. The van der Waals surface area contributed by atoms with Gasteiger partial charge >= 0.3 is 5.97 Å². The number of ether oxygens (including phenoxy) is 1. The van der Waals surface area contributed by atoms with Crippen molar-refractivity contribution >= 4 is 41.4 Å². The number of rotatable bonds is 12. The largest absolute Gasteiger partial charge is 0.467 e. The fraction of sp³-hybridized carbons (Fsp3) is 0.333. The van der Waals surface area contributed by atoms with Crippen LogP contribution in [-0.2, 0) is 47.1 Å². The van der Waals surface area contributed by atoms with Crippen molar-refractivity contribution in [3.05, 3.63) is 148 Å². The molecular formula is C51H54N10O11. The van der Waals surface area contributed by atoms with E-state index in [0.29, 0.717) is 24.9 Å². The minimum atomic E-state index is -2.35. The van der Waals surface area contributed by atoms with Crippen molar-refractivity contribution in [1.82, 2.24) is 46.9 Å². The van der Waals surface area contributed by atoms with Gasteiger partial charge in [-0.05, 0) is 95.2 Å². The summed E-state index contributed by atoms with van der Waals surface area (Å²) in [7, 11) is 1.15.